The first-order chi connectivity index (χ1) is 10.5. The van der Waals surface area contributed by atoms with Crippen LogP contribution in [-0.2, 0) is 9.84 Å². The van der Waals surface area contributed by atoms with Crippen molar-refractivity contribution in [2.45, 2.75) is 51.3 Å². The average molecular weight is 334 g/mol. The normalized spacial score (nSPS) is 11.7. The second kappa shape index (κ2) is 5.57. The number of phenols is 2. The summed E-state index contributed by atoms with van der Waals surface area (Å²) in [5, 5.41) is 20.2. The Morgan fingerprint density at radius 2 is 1.13 bits per heavy atom. The molecule has 0 spiro atoms. The fraction of sp³-hybridized carbons (Fsp3) is 0.333. The number of phenolic OH excluding ortho intramolecular Hbond substituents is 2. The minimum absolute atomic E-state index is 0.00782. The Morgan fingerprint density at radius 1 is 0.652 bits per heavy atom. The van der Waals surface area contributed by atoms with Gasteiger partial charge in [-0.05, 0) is 81.5 Å². The summed E-state index contributed by atoms with van der Waals surface area (Å²) in [7, 11) is -3.79. The lowest BCUT2D eigenvalue weighted by Crippen LogP contribution is -2.09. The van der Waals surface area contributed by atoms with Crippen molar-refractivity contribution >= 4 is 9.84 Å². The van der Waals surface area contributed by atoms with Gasteiger partial charge in [0.2, 0.25) is 9.84 Å². The van der Waals surface area contributed by atoms with Gasteiger partial charge in [0.05, 0.1) is 9.79 Å². The first kappa shape index (κ1) is 17.3. The van der Waals surface area contributed by atoms with Crippen molar-refractivity contribution < 1.29 is 18.6 Å². The molecule has 124 valence electrons. The molecule has 2 N–H and O–H groups in total. The lowest BCUT2D eigenvalue weighted by Gasteiger charge is -2.17. The molecule has 0 aliphatic carbocycles. The van der Waals surface area contributed by atoms with Gasteiger partial charge in [0.1, 0.15) is 11.5 Å². The van der Waals surface area contributed by atoms with Gasteiger partial charge in [-0.1, -0.05) is 0 Å². The molecule has 23 heavy (non-hydrogen) atoms. The fourth-order valence-electron chi connectivity index (χ4n) is 2.71. The van der Waals surface area contributed by atoms with E-state index in [0.717, 1.165) is 5.56 Å². The van der Waals surface area contributed by atoms with Crippen LogP contribution in [0.15, 0.2) is 21.9 Å². The summed E-state index contributed by atoms with van der Waals surface area (Å²) in [6.07, 6.45) is 0. The molecule has 0 fully saturated rings. The Hall–Kier alpha value is -2.01. The van der Waals surface area contributed by atoms with E-state index in [4.69, 9.17) is 0 Å². The molecule has 2 aromatic rings. The zero-order valence-corrected chi connectivity index (χ0v) is 15.1. The van der Waals surface area contributed by atoms with E-state index in [-0.39, 0.29) is 21.3 Å². The molecule has 0 aliphatic heterocycles. The summed E-state index contributed by atoms with van der Waals surface area (Å²) >= 11 is 0. The summed E-state index contributed by atoms with van der Waals surface area (Å²) in [5.74, 6) is 0.120. The highest BCUT2D eigenvalue weighted by Gasteiger charge is 2.26. The van der Waals surface area contributed by atoms with Crippen LogP contribution in [0.25, 0.3) is 0 Å². The van der Waals surface area contributed by atoms with Crippen LogP contribution in [0.3, 0.4) is 0 Å². The van der Waals surface area contributed by atoms with Gasteiger partial charge in [0.15, 0.2) is 0 Å². The minimum atomic E-state index is -3.79. The Kier molecular flexibility index (Phi) is 4.20. The van der Waals surface area contributed by atoms with Gasteiger partial charge < -0.3 is 10.2 Å². The maximum Gasteiger partial charge on any atom is 0.207 e. The topological polar surface area (TPSA) is 74.6 Å². The largest absolute Gasteiger partial charge is 0.507 e. The molecule has 0 bridgehead atoms. The molecule has 0 saturated carbocycles. The molecule has 0 aliphatic rings. The number of hydrogen-bond acceptors (Lipinski definition) is 4. The third-order valence-corrected chi connectivity index (χ3v) is 6.61. The highest BCUT2D eigenvalue weighted by molar-refractivity contribution is 7.91. The quantitative estimate of drug-likeness (QED) is 0.876. The van der Waals surface area contributed by atoms with Gasteiger partial charge >= 0.3 is 0 Å². The van der Waals surface area contributed by atoms with Crippen LogP contribution in [0.4, 0.5) is 0 Å². The van der Waals surface area contributed by atoms with Gasteiger partial charge in [-0.3, -0.25) is 0 Å². The Labute approximate surface area is 137 Å². The predicted molar refractivity (Wildman–Crippen MR) is 90.1 cm³/mol. The van der Waals surface area contributed by atoms with E-state index in [1.807, 2.05) is 0 Å². The number of sulfone groups is 1. The van der Waals surface area contributed by atoms with E-state index in [0.29, 0.717) is 27.8 Å². The maximum absolute atomic E-state index is 13.1. The predicted octanol–water partition coefficient (Wildman–Crippen LogP) is 3.78. The second-order valence-electron chi connectivity index (χ2n) is 6.08. The van der Waals surface area contributed by atoms with Crippen molar-refractivity contribution in [3.8, 4) is 11.5 Å². The summed E-state index contributed by atoms with van der Waals surface area (Å²) in [5.41, 5.74) is 3.32. The van der Waals surface area contributed by atoms with E-state index in [2.05, 4.69) is 0 Å². The zero-order chi connectivity index (χ0) is 17.7. The Bertz CT molecular complexity index is 840. The number of benzene rings is 2. The van der Waals surface area contributed by atoms with Crippen molar-refractivity contribution in [2.75, 3.05) is 0 Å². The van der Waals surface area contributed by atoms with E-state index in [9.17, 15) is 18.6 Å². The fourth-order valence-corrected chi connectivity index (χ4v) is 4.66. The third-order valence-electron chi connectivity index (χ3n) is 4.61. The van der Waals surface area contributed by atoms with E-state index in [1.165, 1.54) is 6.07 Å². The molecule has 0 aromatic heterocycles. The van der Waals surface area contributed by atoms with Gasteiger partial charge in [-0.15, -0.1) is 0 Å². The molecular formula is C18H22O4S. The van der Waals surface area contributed by atoms with Crippen LogP contribution in [0.2, 0.25) is 0 Å². The van der Waals surface area contributed by atoms with Gasteiger partial charge in [0.25, 0.3) is 0 Å². The van der Waals surface area contributed by atoms with Gasteiger partial charge in [-0.2, -0.15) is 0 Å². The van der Waals surface area contributed by atoms with Crippen LogP contribution in [-0.4, -0.2) is 18.6 Å². The third kappa shape index (κ3) is 2.59. The molecule has 0 unspecified atom stereocenters. The van der Waals surface area contributed by atoms with E-state index >= 15 is 0 Å². The monoisotopic (exact) mass is 334 g/mol. The second-order valence-corrected chi connectivity index (χ2v) is 7.97. The van der Waals surface area contributed by atoms with Crippen molar-refractivity contribution in [3.63, 3.8) is 0 Å². The molecule has 2 rings (SSSR count). The summed E-state index contributed by atoms with van der Waals surface area (Å²) < 4.78 is 26.2. The standard InChI is InChI=1S/C18H22O4S/c1-9-7-16(14(6)18(20)11(9)3)23(21,22)15-8-10(2)17(19)13(5)12(15)4/h7-8,19-20H,1-6H3. The van der Waals surface area contributed by atoms with Crippen molar-refractivity contribution in [2.24, 2.45) is 0 Å². The number of aromatic hydroxyl groups is 2. The van der Waals surface area contributed by atoms with Crippen molar-refractivity contribution in [1.29, 1.82) is 0 Å². The lowest BCUT2D eigenvalue weighted by atomic mass is 10.1. The van der Waals surface area contributed by atoms with Crippen LogP contribution in [0, 0.1) is 41.5 Å². The molecule has 0 radical (unpaired) electrons. The summed E-state index contributed by atoms with van der Waals surface area (Å²) in [6, 6.07) is 3.08. The molecule has 5 heteroatoms. The van der Waals surface area contributed by atoms with Crippen LogP contribution in [0.5, 0.6) is 11.5 Å². The van der Waals surface area contributed by atoms with Crippen molar-refractivity contribution in [3.05, 3.63) is 45.5 Å². The highest BCUT2D eigenvalue weighted by atomic mass is 32.2. The van der Waals surface area contributed by atoms with Crippen LogP contribution < -0.4 is 0 Å². The lowest BCUT2D eigenvalue weighted by molar-refractivity contribution is 0.463. The van der Waals surface area contributed by atoms with Crippen LogP contribution >= 0.6 is 0 Å². The van der Waals surface area contributed by atoms with Crippen LogP contribution in [0.1, 0.15) is 33.4 Å². The smallest absolute Gasteiger partial charge is 0.207 e. The van der Waals surface area contributed by atoms with E-state index in [1.54, 1.807) is 47.6 Å². The minimum Gasteiger partial charge on any atom is -0.507 e. The number of hydrogen-bond donors (Lipinski definition) is 2. The zero-order valence-electron chi connectivity index (χ0n) is 14.3. The molecule has 0 saturated heterocycles. The number of aryl methyl sites for hydroxylation is 2. The number of rotatable bonds is 2. The first-order valence-corrected chi connectivity index (χ1v) is 8.83. The Morgan fingerprint density at radius 3 is 1.70 bits per heavy atom. The SMILES string of the molecule is Cc1cc(S(=O)(=O)c2cc(C)c(O)c(C)c2C)c(C)c(O)c1C. The highest BCUT2D eigenvalue weighted by Crippen LogP contribution is 2.37. The first-order valence-electron chi connectivity index (χ1n) is 7.34. The molecule has 4 nitrogen and oxygen atoms in total. The van der Waals surface area contributed by atoms with Gasteiger partial charge in [0, 0.05) is 5.56 Å². The molecule has 0 amide bonds. The van der Waals surface area contributed by atoms with E-state index < -0.39 is 9.84 Å². The van der Waals surface area contributed by atoms with Crippen molar-refractivity contribution in [1.82, 2.24) is 0 Å². The molecule has 2 aromatic carbocycles. The Balaban J connectivity index is 2.85. The maximum atomic E-state index is 13.1. The molecule has 0 atom stereocenters. The van der Waals surface area contributed by atoms with Gasteiger partial charge in [-0.25, -0.2) is 8.42 Å². The molecule has 0 heterocycles. The summed E-state index contributed by atoms with van der Waals surface area (Å²) in [4.78, 5) is 0.266. The summed E-state index contributed by atoms with van der Waals surface area (Å²) in [6.45, 7) is 10.2. The average Bonchev–Trinajstić information content (AvgIpc) is 2.49. The molecular weight excluding hydrogens is 312 g/mol.